The van der Waals surface area contributed by atoms with E-state index in [2.05, 4.69) is 15.8 Å². The molecule has 0 aliphatic carbocycles. The van der Waals surface area contributed by atoms with Crippen molar-refractivity contribution in [2.24, 2.45) is 5.10 Å². The zero-order valence-electron chi connectivity index (χ0n) is 15.8. The molecule has 0 aliphatic heterocycles. The lowest BCUT2D eigenvalue weighted by Crippen LogP contribution is -2.31. The Balaban J connectivity index is 1.98. The van der Waals surface area contributed by atoms with E-state index in [4.69, 9.17) is 26.4 Å². The zero-order valence-corrected chi connectivity index (χ0v) is 16.6. The molecule has 27 heavy (non-hydrogen) atoms. The molecule has 144 valence electrons. The summed E-state index contributed by atoms with van der Waals surface area (Å²) >= 11 is 5.23. The summed E-state index contributed by atoms with van der Waals surface area (Å²) in [6.07, 6.45) is 2.54. The van der Waals surface area contributed by atoms with Crippen LogP contribution in [0, 0.1) is 0 Å². The van der Waals surface area contributed by atoms with Crippen molar-refractivity contribution in [3.8, 4) is 17.2 Å². The van der Waals surface area contributed by atoms with E-state index in [1.807, 2.05) is 49.4 Å². The predicted molar refractivity (Wildman–Crippen MR) is 112 cm³/mol. The second-order valence-corrected chi connectivity index (χ2v) is 6.05. The van der Waals surface area contributed by atoms with Gasteiger partial charge in [-0.3, -0.25) is 5.43 Å². The highest BCUT2D eigenvalue weighted by atomic mass is 32.1. The van der Waals surface area contributed by atoms with Gasteiger partial charge in [0, 0.05) is 12.1 Å². The number of benzene rings is 2. The van der Waals surface area contributed by atoms with Gasteiger partial charge in [0.25, 0.3) is 0 Å². The quantitative estimate of drug-likeness (QED) is 0.390. The Bertz CT molecular complexity index is 741. The number of hydrogen-bond acceptors (Lipinski definition) is 5. The average Bonchev–Trinajstić information content (AvgIpc) is 2.71. The Kier molecular flexibility index (Phi) is 8.38. The van der Waals surface area contributed by atoms with Gasteiger partial charge in [-0.2, -0.15) is 5.10 Å². The van der Waals surface area contributed by atoms with Gasteiger partial charge in [0.15, 0.2) is 16.6 Å². The molecule has 0 aliphatic rings. The van der Waals surface area contributed by atoms with Gasteiger partial charge in [-0.1, -0.05) is 37.3 Å². The first-order valence-corrected chi connectivity index (χ1v) is 9.08. The number of nitrogens with zero attached hydrogens (tertiary/aromatic N) is 1. The van der Waals surface area contributed by atoms with Crippen LogP contribution in [0.5, 0.6) is 17.2 Å². The molecule has 0 amide bonds. The van der Waals surface area contributed by atoms with Crippen LogP contribution in [0.15, 0.2) is 47.6 Å². The minimum Gasteiger partial charge on any atom is -0.493 e. The molecule has 0 fully saturated rings. The van der Waals surface area contributed by atoms with Crippen molar-refractivity contribution in [2.45, 2.75) is 19.9 Å². The molecule has 0 aromatic heterocycles. The highest BCUT2D eigenvalue weighted by molar-refractivity contribution is 7.80. The molecule has 0 unspecified atom stereocenters. The second kappa shape index (κ2) is 11.0. The first-order chi connectivity index (χ1) is 13.2. The molecule has 2 rings (SSSR count). The molecule has 0 heterocycles. The summed E-state index contributed by atoms with van der Waals surface area (Å²) in [5, 5.41) is 7.71. The molecule has 6 nitrogen and oxygen atoms in total. The van der Waals surface area contributed by atoms with Crippen molar-refractivity contribution < 1.29 is 14.2 Å². The van der Waals surface area contributed by atoms with Crippen LogP contribution in [0.25, 0.3) is 0 Å². The molecule has 2 aromatic rings. The molecule has 0 bridgehead atoms. The summed E-state index contributed by atoms with van der Waals surface area (Å²) < 4.78 is 16.6. The molecule has 7 heteroatoms. The van der Waals surface area contributed by atoms with E-state index in [1.54, 1.807) is 20.4 Å². The largest absolute Gasteiger partial charge is 0.493 e. The van der Waals surface area contributed by atoms with E-state index in [-0.39, 0.29) is 0 Å². The van der Waals surface area contributed by atoms with Gasteiger partial charge in [-0.25, -0.2) is 0 Å². The molecule has 2 N–H and O–H groups in total. The standard InChI is InChI=1S/C20H25N3O3S/c1-4-10-26-19-17(24-2)11-16(12-18(19)25-3)14-22-23-20(27)21-13-15-8-6-5-7-9-15/h5-9,11-12,14H,4,10,13H2,1-3H3,(H2,21,23,27)/b22-14-. The van der Waals surface area contributed by atoms with Gasteiger partial charge < -0.3 is 19.5 Å². The number of hydrazone groups is 1. The minimum absolute atomic E-state index is 0.442. The van der Waals surface area contributed by atoms with Crippen LogP contribution < -0.4 is 25.0 Å². The lowest BCUT2D eigenvalue weighted by Gasteiger charge is -2.14. The van der Waals surface area contributed by atoms with Crippen LogP contribution in [0.1, 0.15) is 24.5 Å². The Labute approximate surface area is 165 Å². The van der Waals surface area contributed by atoms with E-state index >= 15 is 0 Å². The number of nitrogens with one attached hydrogen (secondary N) is 2. The topological polar surface area (TPSA) is 64.1 Å². The molecular formula is C20H25N3O3S. The monoisotopic (exact) mass is 387 g/mol. The smallest absolute Gasteiger partial charge is 0.203 e. The number of rotatable bonds is 9. The van der Waals surface area contributed by atoms with Crippen LogP contribution in [0.3, 0.4) is 0 Å². The molecule has 2 aromatic carbocycles. The SMILES string of the molecule is CCCOc1c(OC)cc(/C=N\NC(=S)NCc2ccccc2)cc1OC. The molecule has 0 saturated heterocycles. The lowest BCUT2D eigenvalue weighted by molar-refractivity contribution is 0.275. The Morgan fingerprint density at radius 2 is 1.78 bits per heavy atom. The number of hydrogen-bond donors (Lipinski definition) is 2. The van der Waals surface area contributed by atoms with Gasteiger partial charge in [0.05, 0.1) is 27.0 Å². The summed E-state index contributed by atoms with van der Waals surface area (Å²) in [5.74, 6) is 1.77. The van der Waals surface area contributed by atoms with Crippen LogP contribution in [0.4, 0.5) is 0 Å². The fourth-order valence-electron chi connectivity index (χ4n) is 2.30. The van der Waals surface area contributed by atoms with Crippen LogP contribution >= 0.6 is 12.2 Å². The Morgan fingerprint density at radius 1 is 1.11 bits per heavy atom. The first-order valence-electron chi connectivity index (χ1n) is 8.67. The van der Waals surface area contributed by atoms with E-state index < -0.39 is 0 Å². The number of methoxy groups -OCH3 is 2. The van der Waals surface area contributed by atoms with Crippen molar-refractivity contribution in [2.75, 3.05) is 20.8 Å². The molecule has 0 radical (unpaired) electrons. The maximum absolute atomic E-state index is 5.73. The summed E-state index contributed by atoms with van der Waals surface area (Å²) in [6.45, 7) is 3.26. The van der Waals surface area contributed by atoms with E-state index in [9.17, 15) is 0 Å². The van der Waals surface area contributed by atoms with Gasteiger partial charge in [-0.15, -0.1) is 0 Å². The van der Waals surface area contributed by atoms with Gasteiger partial charge >= 0.3 is 0 Å². The van der Waals surface area contributed by atoms with Crippen molar-refractivity contribution in [3.63, 3.8) is 0 Å². The van der Waals surface area contributed by atoms with Crippen LogP contribution in [0.2, 0.25) is 0 Å². The van der Waals surface area contributed by atoms with Crippen molar-refractivity contribution in [1.82, 2.24) is 10.7 Å². The third kappa shape index (κ3) is 6.45. The highest BCUT2D eigenvalue weighted by Crippen LogP contribution is 2.38. The normalized spacial score (nSPS) is 10.5. The van der Waals surface area contributed by atoms with Crippen molar-refractivity contribution in [1.29, 1.82) is 0 Å². The summed E-state index contributed by atoms with van der Waals surface area (Å²) in [5.41, 5.74) is 4.74. The van der Waals surface area contributed by atoms with Crippen LogP contribution in [-0.4, -0.2) is 32.2 Å². The molecule has 0 atom stereocenters. The van der Waals surface area contributed by atoms with Crippen molar-refractivity contribution in [3.05, 3.63) is 53.6 Å². The highest BCUT2D eigenvalue weighted by Gasteiger charge is 2.13. The first kappa shape index (κ1) is 20.5. The third-order valence-corrected chi connectivity index (χ3v) is 3.84. The van der Waals surface area contributed by atoms with E-state index in [0.717, 1.165) is 17.5 Å². The predicted octanol–water partition coefficient (Wildman–Crippen LogP) is 3.49. The minimum atomic E-state index is 0.442. The average molecular weight is 388 g/mol. The summed E-state index contributed by atoms with van der Waals surface area (Å²) in [7, 11) is 3.19. The molecule has 0 saturated carbocycles. The van der Waals surface area contributed by atoms with E-state index in [0.29, 0.717) is 35.5 Å². The van der Waals surface area contributed by atoms with Crippen molar-refractivity contribution >= 4 is 23.5 Å². The van der Waals surface area contributed by atoms with Gasteiger partial charge in [0.1, 0.15) is 0 Å². The summed E-state index contributed by atoms with van der Waals surface area (Å²) in [6, 6.07) is 13.7. The third-order valence-electron chi connectivity index (χ3n) is 3.61. The summed E-state index contributed by atoms with van der Waals surface area (Å²) in [4.78, 5) is 0. The molecule has 0 spiro atoms. The fraction of sp³-hybridized carbons (Fsp3) is 0.300. The number of ether oxygens (including phenoxy) is 3. The van der Waals surface area contributed by atoms with E-state index in [1.165, 1.54) is 0 Å². The van der Waals surface area contributed by atoms with Gasteiger partial charge in [0.2, 0.25) is 5.75 Å². The van der Waals surface area contributed by atoms with Gasteiger partial charge in [-0.05, 0) is 36.3 Å². The maximum atomic E-state index is 5.73. The second-order valence-electron chi connectivity index (χ2n) is 5.64. The Hall–Kier alpha value is -2.80. The molecular weight excluding hydrogens is 362 g/mol. The van der Waals surface area contributed by atoms with Crippen LogP contribution in [-0.2, 0) is 6.54 Å². The fourth-order valence-corrected chi connectivity index (χ4v) is 2.43. The lowest BCUT2D eigenvalue weighted by atomic mass is 10.2. The Morgan fingerprint density at radius 3 is 2.37 bits per heavy atom. The number of thiocarbonyl (C=S) groups is 1. The maximum Gasteiger partial charge on any atom is 0.203 e. The zero-order chi connectivity index (χ0) is 19.5.